The lowest BCUT2D eigenvalue weighted by molar-refractivity contribution is 0.369. The van der Waals surface area contributed by atoms with Gasteiger partial charge in [-0.1, -0.05) is 13.0 Å². The Morgan fingerprint density at radius 1 is 1.35 bits per heavy atom. The Morgan fingerprint density at radius 3 is 2.65 bits per heavy atom. The van der Waals surface area contributed by atoms with E-state index in [4.69, 9.17) is 0 Å². The van der Waals surface area contributed by atoms with Crippen LogP contribution >= 0.6 is 0 Å². The van der Waals surface area contributed by atoms with Gasteiger partial charge in [0.2, 0.25) is 10.0 Å². The molecule has 0 unspecified atom stereocenters. The van der Waals surface area contributed by atoms with E-state index in [-0.39, 0.29) is 10.9 Å². The molecule has 0 saturated heterocycles. The molecule has 0 spiro atoms. The third kappa shape index (κ3) is 2.70. The van der Waals surface area contributed by atoms with Crippen molar-refractivity contribution in [2.75, 3.05) is 6.54 Å². The average Bonchev–Trinajstić information content (AvgIpc) is 2.92. The van der Waals surface area contributed by atoms with E-state index in [1.165, 1.54) is 15.3 Å². The van der Waals surface area contributed by atoms with E-state index >= 15 is 0 Å². The molecule has 1 aromatic carbocycles. The predicted molar refractivity (Wildman–Crippen MR) is 73.9 cm³/mol. The molecule has 0 amide bonds. The van der Waals surface area contributed by atoms with E-state index < -0.39 is 10.0 Å². The second kappa shape index (κ2) is 5.68. The Labute approximate surface area is 118 Å². The van der Waals surface area contributed by atoms with Crippen LogP contribution in [0, 0.1) is 0 Å². The highest BCUT2D eigenvalue weighted by molar-refractivity contribution is 7.89. The van der Waals surface area contributed by atoms with Gasteiger partial charge in [0.15, 0.2) is 0 Å². The number of aromatic nitrogens is 4. The van der Waals surface area contributed by atoms with Gasteiger partial charge in [-0.25, -0.2) is 13.1 Å². The molecule has 0 bridgehead atoms. The summed E-state index contributed by atoms with van der Waals surface area (Å²) in [6.07, 6.45) is 1.42. The Kier molecular flexibility index (Phi) is 4.15. The maximum absolute atomic E-state index is 12.6. The summed E-state index contributed by atoms with van der Waals surface area (Å²) in [5.74, 6) is 0. The Morgan fingerprint density at radius 2 is 2.10 bits per heavy atom. The van der Waals surface area contributed by atoms with Crippen LogP contribution < -0.4 is 0 Å². The second-order valence-corrected chi connectivity index (χ2v) is 6.44. The van der Waals surface area contributed by atoms with Gasteiger partial charge in [0.05, 0.1) is 10.6 Å². The zero-order valence-electron chi connectivity index (χ0n) is 11.6. The van der Waals surface area contributed by atoms with E-state index in [1.54, 1.807) is 24.3 Å². The fourth-order valence-electron chi connectivity index (χ4n) is 2.01. The van der Waals surface area contributed by atoms with Gasteiger partial charge in [-0.05, 0) is 42.5 Å². The van der Waals surface area contributed by atoms with Gasteiger partial charge < -0.3 is 0 Å². The Balaban J connectivity index is 2.45. The van der Waals surface area contributed by atoms with Crippen molar-refractivity contribution in [1.82, 2.24) is 24.5 Å². The highest BCUT2D eigenvalue weighted by atomic mass is 32.2. The monoisotopic (exact) mass is 295 g/mol. The lowest BCUT2D eigenvalue weighted by Crippen LogP contribution is -2.36. The number of sulfonamides is 1. The first-order valence-corrected chi connectivity index (χ1v) is 7.76. The smallest absolute Gasteiger partial charge is 0.207 e. The predicted octanol–water partition coefficient (Wildman–Crippen LogP) is 1.08. The van der Waals surface area contributed by atoms with E-state index in [0.717, 1.165) is 0 Å². The molecule has 0 aliphatic rings. The molecule has 0 saturated carbocycles. The van der Waals surface area contributed by atoms with Crippen LogP contribution in [0.1, 0.15) is 20.8 Å². The number of nitrogens with zero attached hydrogens (tertiary/aromatic N) is 5. The molecule has 0 N–H and O–H groups in total. The summed E-state index contributed by atoms with van der Waals surface area (Å²) in [7, 11) is -3.51. The summed E-state index contributed by atoms with van der Waals surface area (Å²) in [5.41, 5.74) is 0.607. The van der Waals surface area contributed by atoms with E-state index in [1.807, 2.05) is 20.8 Å². The van der Waals surface area contributed by atoms with Crippen molar-refractivity contribution in [3.8, 4) is 5.69 Å². The molecule has 8 heteroatoms. The molecular formula is C12H17N5O2S. The zero-order valence-corrected chi connectivity index (χ0v) is 12.4. The molecule has 0 radical (unpaired) electrons. The number of tetrazole rings is 1. The lowest BCUT2D eigenvalue weighted by atomic mass is 10.3. The molecule has 0 aliphatic heterocycles. The molecule has 0 atom stereocenters. The molecule has 0 aliphatic carbocycles. The van der Waals surface area contributed by atoms with E-state index in [0.29, 0.717) is 12.2 Å². The Hall–Kier alpha value is -1.80. The molecule has 0 fully saturated rings. The highest BCUT2D eigenvalue weighted by Gasteiger charge is 2.25. The van der Waals surface area contributed by atoms with Gasteiger partial charge in [-0.15, -0.1) is 5.10 Å². The van der Waals surface area contributed by atoms with Gasteiger partial charge in [-0.2, -0.15) is 4.31 Å². The standard InChI is InChI=1S/C12H17N5O2S/c1-4-17(10(2)3)20(18,19)12-7-5-6-11(8-12)16-9-13-14-15-16/h5-10H,4H2,1-3H3. The highest BCUT2D eigenvalue weighted by Crippen LogP contribution is 2.20. The minimum atomic E-state index is -3.51. The maximum atomic E-state index is 12.6. The fraction of sp³-hybridized carbons (Fsp3) is 0.417. The van der Waals surface area contributed by atoms with Crippen LogP contribution in [0.5, 0.6) is 0 Å². The van der Waals surface area contributed by atoms with E-state index in [9.17, 15) is 8.42 Å². The largest absolute Gasteiger partial charge is 0.243 e. The molecular weight excluding hydrogens is 278 g/mol. The van der Waals surface area contributed by atoms with Crippen LogP contribution in [-0.4, -0.2) is 45.5 Å². The SMILES string of the molecule is CCN(C(C)C)S(=O)(=O)c1cccc(-n2cnnn2)c1. The summed E-state index contributed by atoms with van der Waals surface area (Å²) in [4.78, 5) is 0.237. The summed E-state index contributed by atoms with van der Waals surface area (Å²) in [6.45, 7) is 5.95. The fourth-order valence-corrected chi connectivity index (χ4v) is 3.70. The van der Waals surface area contributed by atoms with Crippen LogP contribution in [0.15, 0.2) is 35.5 Å². The van der Waals surface area contributed by atoms with Gasteiger partial charge in [0, 0.05) is 12.6 Å². The van der Waals surface area contributed by atoms with Crippen LogP contribution in [0.25, 0.3) is 5.69 Å². The average molecular weight is 295 g/mol. The van der Waals surface area contributed by atoms with Crippen molar-refractivity contribution in [3.63, 3.8) is 0 Å². The van der Waals surface area contributed by atoms with Crippen LogP contribution in [0.3, 0.4) is 0 Å². The lowest BCUT2D eigenvalue weighted by Gasteiger charge is -2.24. The zero-order chi connectivity index (χ0) is 14.8. The van der Waals surface area contributed by atoms with Crippen molar-refractivity contribution in [1.29, 1.82) is 0 Å². The summed E-state index contributed by atoms with van der Waals surface area (Å²) >= 11 is 0. The molecule has 2 rings (SSSR count). The van der Waals surface area contributed by atoms with Gasteiger partial charge in [0.1, 0.15) is 6.33 Å². The minimum Gasteiger partial charge on any atom is -0.207 e. The summed E-state index contributed by atoms with van der Waals surface area (Å²) < 4.78 is 28.1. The molecule has 20 heavy (non-hydrogen) atoms. The number of hydrogen-bond acceptors (Lipinski definition) is 5. The van der Waals surface area contributed by atoms with Crippen molar-refractivity contribution in [2.45, 2.75) is 31.7 Å². The molecule has 2 aromatic rings. The van der Waals surface area contributed by atoms with Crippen molar-refractivity contribution >= 4 is 10.0 Å². The van der Waals surface area contributed by atoms with Crippen molar-refractivity contribution in [3.05, 3.63) is 30.6 Å². The normalized spacial score (nSPS) is 12.2. The van der Waals surface area contributed by atoms with E-state index in [2.05, 4.69) is 15.5 Å². The first-order chi connectivity index (χ1) is 9.46. The first-order valence-electron chi connectivity index (χ1n) is 6.32. The quantitative estimate of drug-likeness (QED) is 0.824. The van der Waals surface area contributed by atoms with Gasteiger partial charge >= 0.3 is 0 Å². The van der Waals surface area contributed by atoms with Crippen LogP contribution in [-0.2, 0) is 10.0 Å². The molecule has 7 nitrogen and oxygen atoms in total. The minimum absolute atomic E-state index is 0.0957. The Bertz CT molecular complexity index is 667. The van der Waals surface area contributed by atoms with Crippen molar-refractivity contribution in [2.24, 2.45) is 0 Å². The first kappa shape index (κ1) is 14.6. The van der Waals surface area contributed by atoms with Gasteiger partial charge in [0.25, 0.3) is 0 Å². The van der Waals surface area contributed by atoms with Gasteiger partial charge in [-0.3, -0.25) is 0 Å². The second-order valence-electron chi connectivity index (χ2n) is 4.55. The molecule has 1 heterocycles. The molecule has 1 aromatic heterocycles. The van der Waals surface area contributed by atoms with Crippen LogP contribution in [0.4, 0.5) is 0 Å². The van der Waals surface area contributed by atoms with Crippen molar-refractivity contribution < 1.29 is 8.42 Å². The number of hydrogen-bond donors (Lipinski definition) is 0. The number of benzene rings is 1. The summed E-state index contributed by atoms with van der Waals surface area (Å²) in [6, 6.07) is 6.48. The third-order valence-corrected chi connectivity index (χ3v) is 5.07. The third-order valence-electron chi connectivity index (χ3n) is 2.93. The summed E-state index contributed by atoms with van der Waals surface area (Å²) in [5, 5.41) is 10.8. The topological polar surface area (TPSA) is 81.0 Å². The molecule has 108 valence electrons. The maximum Gasteiger partial charge on any atom is 0.243 e. The number of rotatable bonds is 5. The van der Waals surface area contributed by atoms with Crippen LogP contribution in [0.2, 0.25) is 0 Å².